The SMILES string of the molecule is c1csc(-c2ncc3c(n2)CCN(Cc2ccc(-c4ccsc4)s2)C3)c1. The Bertz CT molecular complexity index is 1000. The van der Waals surface area contributed by atoms with Gasteiger partial charge in [-0.1, -0.05) is 6.07 Å². The van der Waals surface area contributed by atoms with Gasteiger partial charge in [0.05, 0.1) is 10.6 Å². The molecule has 0 bridgehead atoms. The van der Waals surface area contributed by atoms with Crippen LogP contribution >= 0.6 is 34.0 Å². The molecule has 0 unspecified atom stereocenters. The largest absolute Gasteiger partial charge is 0.293 e. The molecular weight excluding hydrogens is 378 g/mol. The normalized spacial score (nSPS) is 14.5. The van der Waals surface area contributed by atoms with Crippen LogP contribution in [-0.4, -0.2) is 21.4 Å². The Morgan fingerprint density at radius 2 is 2.08 bits per heavy atom. The second-order valence-electron chi connectivity index (χ2n) is 6.38. The van der Waals surface area contributed by atoms with E-state index in [4.69, 9.17) is 4.98 Å². The number of fused-ring (bicyclic) bond motifs is 1. The third-order valence-corrected chi connectivity index (χ3v) is 7.27. The molecule has 0 fully saturated rings. The summed E-state index contributed by atoms with van der Waals surface area (Å²) >= 11 is 5.35. The molecule has 0 spiro atoms. The standard InChI is InChI=1S/C20H17N3S3/c1-2-19(25-8-1)20-21-10-15-11-23(7-5-17(15)22-20)12-16-3-4-18(26-16)14-6-9-24-13-14/h1-4,6,8-10,13H,5,7,11-12H2. The Morgan fingerprint density at radius 1 is 1.08 bits per heavy atom. The van der Waals surface area contributed by atoms with Gasteiger partial charge >= 0.3 is 0 Å². The highest BCUT2D eigenvalue weighted by atomic mass is 32.1. The van der Waals surface area contributed by atoms with Crippen LogP contribution in [0.3, 0.4) is 0 Å². The van der Waals surface area contributed by atoms with Gasteiger partial charge in [-0.15, -0.1) is 22.7 Å². The fourth-order valence-corrected chi connectivity index (χ4v) is 5.72. The van der Waals surface area contributed by atoms with Gasteiger partial charge in [-0.05, 0) is 40.4 Å². The lowest BCUT2D eigenvalue weighted by Crippen LogP contribution is -2.30. The summed E-state index contributed by atoms with van der Waals surface area (Å²) in [5.41, 5.74) is 3.82. The highest BCUT2D eigenvalue weighted by Crippen LogP contribution is 2.31. The summed E-state index contributed by atoms with van der Waals surface area (Å²) < 4.78 is 0. The van der Waals surface area contributed by atoms with Crippen molar-refractivity contribution in [1.82, 2.24) is 14.9 Å². The third-order valence-electron chi connectivity index (χ3n) is 4.60. The molecule has 0 saturated carbocycles. The molecule has 26 heavy (non-hydrogen) atoms. The zero-order chi connectivity index (χ0) is 17.3. The Kier molecular flexibility index (Phi) is 4.42. The predicted molar refractivity (Wildman–Crippen MR) is 111 cm³/mol. The summed E-state index contributed by atoms with van der Waals surface area (Å²) in [5.74, 6) is 0.867. The van der Waals surface area contributed by atoms with Gasteiger partial charge in [0, 0.05) is 53.1 Å². The van der Waals surface area contributed by atoms with E-state index in [0.29, 0.717) is 0 Å². The van der Waals surface area contributed by atoms with Crippen molar-refractivity contribution in [3.63, 3.8) is 0 Å². The maximum Gasteiger partial charge on any atom is 0.169 e. The molecule has 0 atom stereocenters. The first kappa shape index (κ1) is 16.3. The van der Waals surface area contributed by atoms with Crippen molar-refractivity contribution in [2.75, 3.05) is 6.54 Å². The van der Waals surface area contributed by atoms with Crippen molar-refractivity contribution in [2.45, 2.75) is 19.5 Å². The van der Waals surface area contributed by atoms with Crippen LogP contribution in [0.5, 0.6) is 0 Å². The molecule has 5 rings (SSSR count). The molecule has 4 aromatic heterocycles. The summed E-state index contributed by atoms with van der Waals surface area (Å²) in [4.78, 5) is 15.8. The first-order chi connectivity index (χ1) is 12.8. The number of hydrogen-bond donors (Lipinski definition) is 0. The van der Waals surface area contributed by atoms with E-state index in [1.165, 1.54) is 26.6 Å². The molecular formula is C20H17N3S3. The number of nitrogens with zero attached hydrogens (tertiary/aromatic N) is 3. The molecule has 1 aliphatic heterocycles. The topological polar surface area (TPSA) is 29.0 Å². The maximum absolute atomic E-state index is 4.81. The number of thiophene rings is 3. The minimum absolute atomic E-state index is 0.867. The lowest BCUT2D eigenvalue weighted by atomic mass is 10.1. The van der Waals surface area contributed by atoms with Crippen LogP contribution in [0.15, 0.2) is 52.7 Å². The van der Waals surface area contributed by atoms with Crippen molar-refractivity contribution in [1.29, 1.82) is 0 Å². The van der Waals surface area contributed by atoms with Gasteiger partial charge in [0.1, 0.15) is 0 Å². The molecule has 0 amide bonds. The average Bonchev–Trinajstić information content (AvgIpc) is 3.42. The minimum Gasteiger partial charge on any atom is -0.293 e. The van der Waals surface area contributed by atoms with Gasteiger partial charge in [-0.2, -0.15) is 11.3 Å². The van der Waals surface area contributed by atoms with Crippen molar-refractivity contribution >= 4 is 34.0 Å². The second kappa shape index (κ2) is 7.04. The fraction of sp³-hybridized carbons (Fsp3) is 0.200. The average molecular weight is 396 g/mol. The van der Waals surface area contributed by atoms with E-state index >= 15 is 0 Å². The second-order valence-corrected chi connectivity index (χ2v) is 9.28. The van der Waals surface area contributed by atoms with Gasteiger partial charge in [0.25, 0.3) is 0 Å². The van der Waals surface area contributed by atoms with Crippen LogP contribution in [0.1, 0.15) is 16.1 Å². The number of aromatic nitrogens is 2. The Hall–Kier alpha value is -1.86. The Labute approximate surface area is 164 Å². The fourth-order valence-electron chi connectivity index (χ4n) is 3.28. The van der Waals surface area contributed by atoms with Gasteiger partial charge in [-0.3, -0.25) is 4.90 Å². The molecule has 3 nitrogen and oxygen atoms in total. The molecule has 6 heteroatoms. The monoisotopic (exact) mass is 395 g/mol. The quantitative estimate of drug-likeness (QED) is 0.453. The predicted octanol–water partition coefficient (Wildman–Crippen LogP) is 5.55. The van der Waals surface area contributed by atoms with Crippen LogP contribution in [0, 0.1) is 0 Å². The highest BCUT2D eigenvalue weighted by Gasteiger charge is 2.19. The van der Waals surface area contributed by atoms with Crippen LogP contribution in [0.2, 0.25) is 0 Å². The van der Waals surface area contributed by atoms with E-state index in [1.807, 2.05) is 17.5 Å². The van der Waals surface area contributed by atoms with Crippen LogP contribution in [0.25, 0.3) is 21.1 Å². The van der Waals surface area contributed by atoms with Crippen LogP contribution < -0.4 is 0 Å². The summed E-state index contributed by atoms with van der Waals surface area (Å²) in [6.45, 7) is 2.99. The van der Waals surface area contributed by atoms with E-state index in [2.05, 4.69) is 56.4 Å². The van der Waals surface area contributed by atoms with Crippen molar-refractivity contribution < 1.29 is 0 Å². The zero-order valence-corrected chi connectivity index (χ0v) is 16.5. The van der Waals surface area contributed by atoms with Crippen molar-refractivity contribution in [3.8, 4) is 21.1 Å². The zero-order valence-electron chi connectivity index (χ0n) is 14.1. The number of hydrogen-bond acceptors (Lipinski definition) is 6. The molecule has 1 aliphatic rings. The number of rotatable bonds is 4. The summed E-state index contributed by atoms with van der Waals surface area (Å²) in [5, 5.41) is 6.43. The molecule has 0 saturated heterocycles. The van der Waals surface area contributed by atoms with Crippen LogP contribution in [0.4, 0.5) is 0 Å². The lowest BCUT2D eigenvalue weighted by Gasteiger charge is -2.27. The van der Waals surface area contributed by atoms with E-state index in [1.54, 1.807) is 22.7 Å². The van der Waals surface area contributed by atoms with E-state index in [-0.39, 0.29) is 0 Å². The minimum atomic E-state index is 0.867. The maximum atomic E-state index is 4.81. The Balaban J connectivity index is 1.30. The molecule has 0 aromatic carbocycles. The molecule has 0 radical (unpaired) electrons. The first-order valence-corrected chi connectivity index (χ1v) is 11.2. The molecule has 0 aliphatic carbocycles. The molecule has 0 N–H and O–H groups in total. The van der Waals surface area contributed by atoms with E-state index < -0.39 is 0 Å². The summed E-state index contributed by atoms with van der Waals surface area (Å²) in [6, 6.07) is 10.8. The van der Waals surface area contributed by atoms with Crippen molar-refractivity contribution in [2.24, 2.45) is 0 Å². The summed E-state index contributed by atoms with van der Waals surface area (Å²) in [7, 11) is 0. The Morgan fingerprint density at radius 3 is 2.92 bits per heavy atom. The molecule has 130 valence electrons. The smallest absolute Gasteiger partial charge is 0.169 e. The molecule has 5 heterocycles. The highest BCUT2D eigenvalue weighted by molar-refractivity contribution is 7.16. The van der Waals surface area contributed by atoms with Crippen LogP contribution in [-0.2, 0) is 19.5 Å². The van der Waals surface area contributed by atoms with Crippen molar-refractivity contribution in [3.05, 3.63) is 68.8 Å². The third kappa shape index (κ3) is 3.25. The van der Waals surface area contributed by atoms with E-state index in [0.717, 1.165) is 36.8 Å². The first-order valence-electron chi connectivity index (χ1n) is 8.57. The van der Waals surface area contributed by atoms with Gasteiger partial charge in [0.2, 0.25) is 0 Å². The molecule has 4 aromatic rings. The lowest BCUT2D eigenvalue weighted by molar-refractivity contribution is 0.245. The summed E-state index contributed by atoms with van der Waals surface area (Å²) in [6.07, 6.45) is 3.02. The van der Waals surface area contributed by atoms with Gasteiger partial charge in [0.15, 0.2) is 5.82 Å². The van der Waals surface area contributed by atoms with E-state index in [9.17, 15) is 0 Å². The van der Waals surface area contributed by atoms with Gasteiger partial charge < -0.3 is 0 Å². The van der Waals surface area contributed by atoms with Gasteiger partial charge in [-0.25, -0.2) is 9.97 Å².